The molecule has 0 bridgehead atoms. The molecule has 3 aromatic carbocycles. The Bertz CT molecular complexity index is 1600. The highest BCUT2D eigenvalue weighted by molar-refractivity contribution is 7.98. The molecule has 200 valence electrons. The van der Waals surface area contributed by atoms with E-state index in [1.54, 1.807) is 22.5 Å². The van der Waals surface area contributed by atoms with Crippen LogP contribution in [0.5, 0.6) is 0 Å². The van der Waals surface area contributed by atoms with Crippen molar-refractivity contribution in [2.45, 2.75) is 17.2 Å². The van der Waals surface area contributed by atoms with Gasteiger partial charge in [-0.2, -0.15) is 10.4 Å². The highest BCUT2D eigenvalue weighted by atomic mass is 32.2. The zero-order valence-corrected chi connectivity index (χ0v) is 22.6. The van der Waals surface area contributed by atoms with Crippen molar-refractivity contribution in [3.05, 3.63) is 95.7 Å². The Kier molecular flexibility index (Phi) is 7.47. The van der Waals surface area contributed by atoms with Crippen LogP contribution in [0.3, 0.4) is 0 Å². The number of hydrogen-bond acceptors (Lipinski definition) is 7. The summed E-state index contributed by atoms with van der Waals surface area (Å²) in [4.78, 5) is 30.6. The molecule has 3 heterocycles. The van der Waals surface area contributed by atoms with E-state index in [4.69, 9.17) is 9.84 Å². The molecule has 1 atom stereocenters. The number of thioether (sulfide) groups is 1. The van der Waals surface area contributed by atoms with Gasteiger partial charge in [0.1, 0.15) is 5.69 Å². The van der Waals surface area contributed by atoms with Crippen LogP contribution >= 0.6 is 11.8 Å². The lowest BCUT2D eigenvalue weighted by Gasteiger charge is -2.27. The normalized spacial score (nSPS) is 15.4. The number of anilines is 1. The van der Waals surface area contributed by atoms with Gasteiger partial charge in [0.2, 0.25) is 11.7 Å². The van der Waals surface area contributed by atoms with Crippen LogP contribution in [0.25, 0.3) is 16.9 Å². The molecule has 6 rings (SSSR count). The van der Waals surface area contributed by atoms with Crippen LogP contribution in [-0.4, -0.2) is 52.7 Å². The number of rotatable bonds is 7. The number of hydrogen-bond donors (Lipinski definition) is 1. The molecular weight excluding hydrogens is 522 g/mol. The number of carbonyl (C=O) groups is 2. The lowest BCUT2D eigenvalue weighted by Crippen LogP contribution is -2.36. The fourth-order valence-corrected chi connectivity index (χ4v) is 6.18. The third kappa shape index (κ3) is 5.05. The van der Waals surface area contributed by atoms with E-state index in [2.05, 4.69) is 10.2 Å². The predicted octanol–water partition coefficient (Wildman–Crippen LogP) is 4.94. The smallest absolute Gasteiger partial charge is 0.249 e. The van der Waals surface area contributed by atoms with Gasteiger partial charge >= 0.3 is 0 Å². The summed E-state index contributed by atoms with van der Waals surface area (Å²) in [6, 6.07) is 27.0. The number of morpholine rings is 1. The van der Waals surface area contributed by atoms with Gasteiger partial charge in [0.05, 0.1) is 30.7 Å². The molecule has 0 spiro atoms. The minimum absolute atomic E-state index is 0.157. The molecule has 8 nitrogen and oxygen atoms in total. The van der Waals surface area contributed by atoms with Gasteiger partial charge in [-0.1, -0.05) is 54.6 Å². The van der Waals surface area contributed by atoms with Crippen LogP contribution in [-0.2, 0) is 21.8 Å². The van der Waals surface area contributed by atoms with Crippen LogP contribution in [0.2, 0.25) is 0 Å². The van der Waals surface area contributed by atoms with Crippen LogP contribution in [0.1, 0.15) is 21.6 Å². The number of nitriles is 1. The maximum atomic E-state index is 13.8. The Balaban J connectivity index is 1.32. The second-order valence-electron chi connectivity index (χ2n) is 9.67. The van der Waals surface area contributed by atoms with E-state index in [1.165, 1.54) is 0 Å². The molecule has 1 saturated heterocycles. The van der Waals surface area contributed by atoms with Crippen molar-refractivity contribution in [2.75, 3.05) is 31.6 Å². The standard InChI is InChI=1S/C31H27N5O3S/c32-18-24(31(38)33-26-12-6-4-8-21(26)19-35-14-16-39-17-15-35)30(37)28-25-20-40-27-13-7-5-11-23(27)29(25)36(34-28)22-9-2-1-3-10-22/h1-13,24H,14-17,19-20H2,(H,33,38). The summed E-state index contributed by atoms with van der Waals surface area (Å²) in [7, 11) is 0. The van der Waals surface area contributed by atoms with E-state index in [-0.39, 0.29) is 5.69 Å². The number of para-hydroxylation sites is 2. The second-order valence-corrected chi connectivity index (χ2v) is 10.7. The Morgan fingerprint density at radius 1 is 1.00 bits per heavy atom. The maximum Gasteiger partial charge on any atom is 0.249 e. The molecule has 1 unspecified atom stereocenters. The van der Waals surface area contributed by atoms with E-state index >= 15 is 0 Å². The van der Waals surface area contributed by atoms with E-state index in [9.17, 15) is 14.9 Å². The molecule has 9 heteroatoms. The summed E-state index contributed by atoms with van der Waals surface area (Å²) in [5, 5.41) is 17.6. The van der Waals surface area contributed by atoms with Crippen LogP contribution in [0.4, 0.5) is 5.69 Å². The zero-order valence-electron chi connectivity index (χ0n) is 21.7. The van der Waals surface area contributed by atoms with Gasteiger partial charge in [0, 0.05) is 47.1 Å². The number of benzene rings is 3. The molecule has 0 aliphatic carbocycles. The number of amides is 1. The van der Waals surface area contributed by atoms with Crippen molar-refractivity contribution in [3.8, 4) is 23.0 Å². The number of ether oxygens (including phenoxy) is 1. The van der Waals surface area contributed by atoms with Crippen molar-refractivity contribution in [1.29, 1.82) is 5.26 Å². The maximum absolute atomic E-state index is 13.8. The van der Waals surface area contributed by atoms with Gasteiger partial charge in [-0.15, -0.1) is 11.8 Å². The lowest BCUT2D eigenvalue weighted by molar-refractivity contribution is -0.117. The minimum atomic E-state index is -1.54. The van der Waals surface area contributed by atoms with Crippen molar-refractivity contribution < 1.29 is 14.3 Å². The van der Waals surface area contributed by atoms with E-state index < -0.39 is 17.6 Å². The Morgan fingerprint density at radius 2 is 1.73 bits per heavy atom. The molecule has 1 amide bonds. The first kappa shape index (κ1) is 26.0. The fraction of sp³-hybridized carbons (Fsp3) is 0.226. The summed E-state index contributed by atoms with van der Waals surface area (Å²) in [5.41, 5.74) is 4.99. The van der Waals surface area contributed by atoms with Crippen molar-refractivity contribution >= 4 is 29.1 Å². The molecule has 0 saturated carbocycles. The van der Waals surface area contributed by atoms with E-state index in [0.29, 0.717) is 31.2 Å². The second kappa shape index (κ2) is 11.5. The average Bonchev–Trinajstić information content (AvgIpc) is 3.40. The lowest BCUT2D eigenvalue weighted by atomic mass is 9.97. The van der Waals surface area contributed by atoms with Gasteiger partial charge < -0.3 is 10.1 Å². The topological polar surface area (TPSA) is 100 Å². The molecule has 4 aromatic rings. The first-order valence-corrected chi connectivity index (χ1v) is 14.1. The minimum Gasteiger partial charge on any atom is -0.379 e. The highest BCUT2D eigenvalue weighted by Crippen LogP contribution is 2.44. The summed E-state index contributed by atoms with van der Waals surface area (Å²) < 4.78 is 7.20. The predicted molar refractivity (Wildman–Crippen MR) is 153 cm³/mol. The van der Waals surface area contributed by atoms with Gasteiger partial charge in [-0.3, -0.25) is 14.5 Å². The number of aromatic nitrogens is 2. The molecular formula is C31H27N5O3S. The Labute approximate surface area is 236 Å². The first-order chi connectivity index (χ1) is 19.6. The largest absolute Gasteiger partial charge is 0.379 e. The molecule has 0 radical (unpaired) electrons. The SMILES string of the molecule is N#CC(C(=O)Nc1ccccc1CN1CCOCC1)C(=O)c1nn(-c2ccccc2)c2c1CSc1ccccc1-2. The van der Waals surface area contributed by atoms with Crippen LogP contribution in [0, 0.1) is 17.2 Å². The van der Waals surface area contributed by atoms with E-state index in [0.717, 1.165) is 46.1 Å². The molecule has 40 heavy (non-hydrogen) atoms. The Morgan fingerprint density at radius 3 is 2.52 bits per heavy atom. The number of nitrogens with zero attached hydrogens (tertiary/aromatic N) is 4. The number of Topliss-reactive ketones (excluding diaryl/α,β-unsaturated/α-hetero) is 1. The summed E-state index contributed by atoms with van der Waals surface area (Å²) in [6.45, 7) is 3.58. The molecule has 1 N–H and O–H groups in total. The van der Waals surface area contributed by atoms with Crippen molar-refractivity contribution in [2.24, 2.45) is 5.92 Å². The average molecular weight is 550 g/mol. The molecule has 2 aliphatic rings. The Hall–Kier alpha value is -4.23. The van der Waals surface area contributed by atoms with Crippen LogP contribution < -0.4 is 5.32 Å². The zero-order chi connectivity index (χ0) is 27.5. The number of carbonyl (C=O) groups excluding carboxylic acids is 2. The number of fused-ring (bicyclic) bond motifs is 3. The van der Waals surface area contributed by atoms with Gasteiger partial charge in [-0.25, -0.2) is 4.68 Å². The number of ketones is 1. The van der Waals surface area contributed by atoms with Gasteiger partial charge in [0.15, 0.2) is 5.92 Å². The molecule has 2 aliphatic heterocycles. The monoisotopic (exact) mass is 549 g/mol. The highest BCUT2D eigenvalue weighted by Gasteiger charge is 2.35. The summed E-state index contributed by atoms with van der Waals surface area (Å²) >= 11 is 1.62. The van der Waals surface area contributed by atoms with Gasteiger partial charge in [0.25, 0.3) is 0 Å². The third-order valence-corrected chi connectivity index (χ3v) is 8.26. The van der Waals surface area contributed by atoms with Crippen molar-refractivity contribution in [3.63, 3.8) is 0 Å². The quantitative estimate of drug-likeness (QED) is 0.258. The third-order valence-electron chi connectivity index (χ3n) is 7.16. The van der Waals surface area contributed by atoms with Crippen LogP contribution in [0.15, 0.2) is 83.8 Å². The fourth-order valence-electron chi connectivity index (χ4n) is 5.11. The van der Waals surface area contributed by atoms with E-state index in [1.807, 2.05) is 78.9 Å². The summed E-state index contributed by atoms with van der Waals surface area (Å²) in [5.74, 6) is -2.28. The van der Waals surface area contributed by atoms with Gasteiger partial charge in [-0.05, 0) is 29.8 Å². The molecule has 1 fully saturated rings. The first-order valence-electron chi connectivity index (χ1n) is 13.2. The molecule has 1 aromatic heterocycles. The van der Waals surface area contributed by atoms with Crippen molar-refractivity contribution in [1.82, 2.24) is 14.7 Å². The number of nitrogens with one attached hydrogen (secondary N) is 1. The summed E-state index contributed by atoms with van der Waals surface area (Å²) in [6.07, 6.45) is 0.